The maximum absolute atomic E-state index is 13.7. The van der Waals surface area contributed by atoms with Gasteiger partial charge in [0.15, 0.2) is 0 Å². The molecular weight excluding hydrogens is 523 g/mol. The van der Waals surface area contributed by atoms with E-state index in [-0.39, 0.29) is 24.2 Å². The highest BCUT2D eigenvalue weighted by molar-refractivity contribution is 7.92. The second-order valence-electron chi connectivity index (χ2n) is 8.73. The van der Waals surface area contributed by atoms with Crippen LogP contribution in [0.4, 0.5) is 36.4 Å². The molecule has 1 saturated heterocycles. The van der Waals surface area contributed by atoms with Crippen LogP contribution < -0.4 is 14.9 Å². The van der Waals surface area contributed by atoms with E-state index in [0.29, 0.717) is 23.0 Å². The van der Waals surface area contributed by atoms with Crippen molar-refractivity contribution in [2.75, 3.05) is 41.3 Å². The van der Waals surface area contributed by atoms with Gasteiger partial charge in [-0.15, -0.1) is 0 Å². The molecule has 2 aromatic heterocycles. The Morgan fingerprint density at radius 1 is 1.11 bits per heavy atom. The fraction of sp³-hybridized carbons (Fsp3) is 0.333. The number of hydrogen-bond donors (Lipinski definition) is 2. The van der Waals surface area contributed by atoms with E-state index in [1.54, 1.807) is 41.3 Å². The molecule has 0 spiro atoms. The number of hydrogen-bond acceptors (Lipinski definition) is 8. The van der Waals surface area contributed by atoms with E-state index in [4.69, 9.17) is 0 Å². The maximum Gasteiger partial charge on any atom is 0.421 e. The Morgan fingerprint density at radius 2 is 1.79 bits per heavy atom. The van der Waals surface area contributed by atoms with Crippen LogP contribution in [0.25, 0.3) is 0 Å². The first kappa shape index (κ1) is 27.1. The van der Waals surface area contributed by atoms with E-state index in [2.05, 4.69) is 25.6 Å². The molecule has 1 aromatic carbocycles. The van der Waals surface area contributed by atoms with Crippen molar-refractivity contribution in [2.24, 2.45) is 0 Å². The van der Waals surface area contributed by atoms with Crippen molar-refractivity contribution < 1.29 is 26.4 Å². The minimum atomic E-state index is -4.74. The number of nitrogens with zero attached hydrogens (tertiary/aromatic N) is 5. The highest BCUT2D eigenvalue weighted by Gasteiger charge is 2.35. The lowest BCUT2D eigenvalue weighted by atomic mass is 10.2. The van der Waals surface area contributed by atoms with Crippen LogP contribution in [0.3, 0.4) is 0 Å². The lowest BCUT2D eigenvalue weighted by molar-refractivity contribution is -0.137. The third kappa shape index (κ3) is 6.30. The van der Waals surface area contributed by atoms with Crippen molar-refractivity contribution in [3.63, 3.8) is 0 Å². The number of alkyl halides is 3. The van der Waals surface area contributed by atoms with Crippen molar-refractivity contribution in [1.82, 2.24) is 19.9 Å². The van der Waals surface area contributed by atoms with Crippen LogP contribution in [0.1, 0.15) is 34.3 Å². The van der Waals surface area contributed by atoms with Crippen LogP contribution >= 0.6 is 0 Å². The molecule has 2 N–H and O–H groups in total. The van der Waals surface area contributed by atoms with Gasteiger partial charge in [-0.1, -0.05) is 6.07 Å². The SMILES string of the molecule is CN(c1ncccc1CNc1nc(Nc2ccc(C(=O)N3CCCC3)cc2)ncc1C(F)(F)F)S(C)(=O)=O. The molecule has 0 bridgehead atoms. The van der Waals surface area contributed by atoms with Crippen LogP contribution in [0.2, 0.25) is 0 Å². The molecule has 202 valence electrons. The largest absolute Gasteiger partial charge is 0.421 e. The zero-order valence-corrected chi connectivity index (χ0v) is 21.5. The molecule has 1 fully saturated rings. The Bertz CT molecular complexity index is 1410. The molecule has 0 aliphatic carbocycles. The number of carbonyl (C=O) groups excluding carboxylic acids is 1. The predicted octanol–water partition coefficient (Wildman–Crippen LogP) is 3.88. The number of carbonyl (C=O) groups is 1. The summed E-state index contributed by atoms with van der Waals surface area (Å²) in [6.45, 7) is 1.26. The van der Waals surface area contributed by atoms with Gasteiger partial charge in [0.05, 0.1) is 6.26 Å². The molecule has 14 heteroatoms. The third-order valence-electron chi connectivity index (χ3n) is 5.98. The van der Waals surface area contributed by atoms with Gasteiger partial charge >= 0.3 is 6.18 Å². The van der Waals surface area contributed by atoms with Crippen molar-refractivity contribution in [1.29, 1.82) is 0 Å². The highest BCUT2D eigenvalue weighted by Crippen LogP contribution is 2.34. The van der Waals surface area contributed by atoms with Crippen LogP contribution in [0, 0.1) is 0 Å². The molecule has 1 amide bonds. The Kier molecular flexibility index (Phi) is 7.71. The molecule has 3 heterocycles. The first-order valence-electron chi connectivity index (χ1n) is 11.7. The van der Waals surface area contributed by atoms with Crippen molar-refractivity contribution in [2.45, 2.75) is 25.6 Å². The molecular formula is C24H26F3N7O3S. The second kappa shape index (κ2) is 10.8. The smallest absolute Gasteiger partial charge is 0.365 e. The number of nitrogens with one attached hydrogen (secondary N) is 2. The predicted molar refractivity (Wildman–Crippen MR) is 137 cm³/mol. The standard InChI is InChI=1S/C24H26F3N7O3S/c1-33(38(2,36)37)21-17(6-5-11-28-21)14-29-20-19(24(25,26)27)15-30-23(32-20)31-18-9-7-16(8-10-18)22(35)34-12-3-4-13-34/h5-11,15H,3-4,12-14H2,1-2H3,(H2,29,30,31,32). The minimum absolute atomic E-state index is 0.0670. The molecule has 0 radical (unpaired) electrons. The number of sulfonamides is 1. The molecule has 10 nitrogen and oxygen atoms in total. The lowest BCUT2D eigenvalue weighted by Gasteiger charge is -2.20. The highest BCUT2D eigenvalue weighted by atomic mass is 32.2. The van der Waals surface area contributed by atoms with E-state index in [1.165, 1.54) is 13.2 Å². The summed E-state index contributed by atoms with van der Waals surface area (Å²) >= 11 is 0. The van der Waals surface area contributed by atoms with Gasteiger partial charge in [-0.3, -0.25) is 9.10 Å². The molecule has 3 aromatic rings. The van der Waals surface area contributed by atoms with E-state index in [1.807, 2.05) is 0 Å². The molecule has 38 heavy (non-hydrogen) atoms. The van der Waals surface area contributed by atoms with Gasteiger partial charge in [-0.2, -0.15) is 18.2 Å². The maximum atomic E-state index is 13.7. The lowest BCUT2D eigenvalue weighted by Crippen LogP contribution is -2.27. The fourth-order valence-electron chi connectivity index (χ4n) is 3.90. The Hall–Kier alpha value is -3.94. The summed E-state index contributed by atoms with van der Waals surface area (Å²) in [5.41, 5.74) is 0.258. The van der Waals surface area contributed by atoms with E-state index >= 15 is 0 Å². The zero-order chi connectivity index (χ0) is 27.5. The summed E-state index contributed by atoms with van der Waals surface area (Å²) in [5, 5.41) is 5.49. The van der Waals surface area contributed by atoms with Crippen LogP contribution in [0.5, 0.6) is 0 Å². The van der Waals surface area contributed by atoms with Gasteiger partial charge in [0, 0.05) is 55.9 Å². The average Bonchev–Trinajstić information content (AvgIpc) is 3.41. The van der Waals surface area contributed by atoms with Gasteiger partial charge in [-0.05, 0) is 43.2 Å². The fourth-order valence-corrected chi connectivity index (χ4v) is 4.38. The summed E-state index contributed by atoms with van der Waals surface area (Å²) in [6, 6.07) is 9.62. The van der Waals surface area contributed by atoms with E-state index in [0.717, 1.165) is 36.5 Å². The average molecular weight is 550 g/mol. The number of anilines is 4. The molecule has 0 saturated carbocycles. The van der Waals surface area contributed by atoms with Crippen LogP contribution in [-0.2, 0) is 22.7 Å². The molecule has 4 rings (SSSR count). The summed E-state index contributed by atoms with van der Waals surface area (Å²) < 4.78 is 65.9. The number of likely N-dealkylation sites (tertiary alicyclic amines) is 1. The first-order valence-corrected chi connectivity index (χ1v) is 13.5. The normalized spacial score (nSPS) is 13.9. The molecule has 1 aliphatic heterocycles. The van der Waals surface area contributed by atoms with E-state index < -0.39 is 27.6 Å². The topological polar surface area (TPSA) is 120 Å². The van der Waals surface area contributed by atoms with Crippen molar-refractivity contribution in [3.05, 3.63) is 65.5 Å². The zero-order valence-electron chi connectivity index (χ0n) is 20.7. The van der Waals surface area contributed by atoms with Gasteiger partial charge in [0.2, 0.25) is 16.0 Å². The Balaban J connectivity index is 1.54. The summed E-state index contributed by atoms with van der Waals surface area (Å²) in [7, 11) is -2.34. The monoisotopic (exact) mass is 549 g/mol. The van der Waals surface area contributed by atoms with Gasteiger partial charge in [-0.25, -0.2) is 18.4 Å². The van der Waals surface area contributed by atoms with Crippen molar-refractivity contribution in [3.8, 4) is 0 Å². The van der Waals surface area contributed by atoms with Crippen molar-refractivity contribution >= 4 is 39.2 Å². The Morgan fingerprint density at radius 3 is 2.42 bits per heavy atom. The number of aromatic nitrogens is 3. The second-order valence-corrected chi connectivity index (χ2v) is 10.7. The molecule has 0 atom stereocenters. The number of halogens is 3. The van der Waals surface area contributed by atoms with Gasteiger partial charge < -0.3 is 15.5 Å². The molecule has 0 unspecified atom stereocenters. The summed E-state index contributed by atoms with van der Waals surface area (Å²) in [5.74, 6) is -0.582. The summed E-state index contributed by atoms with van der Waals surface area (Å²) in [6.07, 6.45) is 0.263. The number of pyridine rings is 1. The van der Waals surface area contributed by atoms with E-state index in [9.17, 15) is 26.4 Å². The number of amides is 1. The Labute approximate surface area is 218 Å². The first-order chi connectivity index (χ1) is 17.9. The minimum Gasteiger partial charge on any atom is -0.365 e. The summed E-state index contributed by atoms with van der Waals surface area (Å²) in [4.78, 5) is 26.2. The number of rotatable bonds is 8. The van der Waals surface area contributed by atoms with Gasteiger partial charge in [0.1, 0.15) is 17.2 Å². The number of benzene rings is 1. The third-order valence-corrected chi connectivity index (χ3v) is 7.15. The molecule has 1 aliphatic rings. The van der Waals surface area contributed by atoms with Crippen LogP contribution in [-0.4, -0.2) is 60.6 Å². The van der Waals surface area contributed by atoms with Gasteiger partial charge in [0.25, 0.3) is 5.91 Å². The van der Waals surface area contributed by atoms with Crippen LogP contribution in [0.15, 0.2) is 48.8 Å². The quantitative estimate of drug-likeness (QED) is 0.435.